The fourth-order valence-corrected chi connectivity index (χ4v) is 3.58. The first-order valence-corrected chi connectivity index (χ1v) is 10.6. The molecule has 2 N–H and O–H groups in total. The van der Waals surface area contributed by atoms with Gasteiger partial charge in [0, 0.05) is 12.8 Å². The van der Waals surface area contributed by atoms with Crippen LogP contribution in [0.5, 0.6) is 11.5 Å². The topological polar surface area (TPSA) is 105 Å². The Kier molecular flexibility index (Phi) is 8.08. The van der Waals surface area contributed by atoms with E-state index in [-0.39, 0.29) is 31.8 Å². The van der Waals surface area contributed by atoms with Gasteiger partial charge in [-0.2, -0.15) is 0 Å². The highest BCUT2D eigenvalue weighted by Gasteiger charge is 2.40. The van der Waals surface area contributed by atoms with Gasteiger partial charge in [0.2, 0.25) is 11.8 Å². The molecule has 3 rings (SSSR count). The van der Waals surface area contributed by atoms with Gasteiger partial charge in [0.1, 0.15) is 23.6 Å². The molecule has 1 aliphatic rings. The number of benzene rings is 2. The molecule has 8 heteroatoms. The number of para-hydroxylation sites is 1. The molecule has 1 unspecified atom stereocenters. The van der Waals surface area contributed by atoms with Crippen LogP contribution in [0, 0.1) is 6.92 Å². The average molecular weight is 440 g/mol. The Bertz CT molecular complexity index is 933. The molecule has 2 aromatic carbocycles. The van der Waals surface area contributed by atoms with Gasteiger partial charge in [-0.25, -0.2) is 4.79 Å². The van der Waals surface area contributed by atoms with E-state index in [9.17, 15) is 19.5 Å². The summed E-state index contributed by atoms with van der Waals surface area (Å²) in [6.07, 6.45) is 0.483. The molecule has 1 fully saturated rings. The molecule has 8 nitrogen and oxygen atoms in total. The number of carboxylic acid groups (broad SMARTS) is 1. The molecule has 0 spiro atoms. The van der Waals surface area contributed by atoms with Gasteiger partial charge < -0.3 is 24.8 Å². The van der Waals surface area contributed by atoms with Crippen LogP contribution in [0.1, 0.15) is 24.8 Å². The van der Waals surface area contributed by atoms with Crippen molar-refractivity contribution in [1.82, 2.24) is 10.2 Å². The minimum Gasteiger partial charge on any atom is -0.494 e. The van der Waals surface area contributed by atoms with Gasteiger partial charge in [0.15, 0.2) is 0 Å². The van der Waals surface area contributed by atoms with Crippen molar-refractivity contribution in [2.45, 2.75) is 38.3 Å². The monoisotopic (exact) mass is 440 g/mol. The molecule has 32 heavy (non-hydrogen) atoms. The van der Waals surface area contributed by atoms with Crippen molar-refractivity contribution in [2.75, 3.05) is 19.7 Å². The number of amides is 2. The fourth-order valence-electron chi connectivity index (χ4n) is 3.58. The summed E-state index contributed by atoms with van der Waals surface area (Å²) in [6.45, 7) is 2.23. The smallest absolute Gasteiger partial charge is 0.326 e. The zero-order valence-corrected chi connectivity index (χ0v) is 18.0. The summed E-state index contributed by atoms with van der Waals surface area (Å²) in [4.78, 5) is 37.6. The molecule has 1 aliphatic heterocycles. The number of aliphatic carboxylic acids is 1. The summed E-state index contributed by atoms with van der Waals surface area (Å²) in [6, 6.07) is 15.8. The average Bonchev–Trinajstić information content (AvgIpc) is 3.20. The molecule has 2 amide bonds. The van der Waals surface area contributed by atoms with Crippen LogP contribution in [0.2, 0.25) is 0 Å². The van der Waals surface area contributed by atoms with Crippen molar-refractivity contribution in [3.8, 4) is 11.5 Å². The number of likely N-dealkylation sites (tertiary alicyclic amines) is 1. The minimum absolute atomic E-state index is 0.157. The maximum atomic E-state index is 12.6. The third-order valence-corrected chi connectivity index (χ3v) is 5.16. The molecule has 0 saturated carbocycles. The van der Waals surface area contributed by atoms with E-state index in [2.05, 4.69) is 5.32 Å². The summed E-state index contributed by atoms with van der Waals surface area (Å²) >= 11 is 0. The van der Waals surface area contributed by atoms with E-state index in [0.717, 1.165) is 11.3 Å². The zero-order chi connectivity index (χ0) is 22.9. The number of hydrogen-bond donors (Lipinski definition) is 2. The van der Waals surface area contributed by atoms with Crippen LogP contribution in [0.4, 0.5) is 0 Å². The van der Waals surface area contributed by atoms with E-state index < -0.39 is 24.0 Å². The van der Waals surface area contributed by atoms with Crippen LogP contribution in [-0.4, -0.2) is 59.6 Å². The van der Waals surface area contributed by atoms with E-state index in [4.69, 9.17) is 9.47 Å². The van der Waals surface area contributed by atoms with Crippen molar-refractivity contribution in [2.24, 2.45) is 0 Å². The van der Waals surface area contributed by atoms with Crippen LogP contribution < -0.4 is 14.8 Å². The Morgan fingerprint density at radius 3 is 2.56 bits per heavy atom. The molecule has 0 aliphatic carbocycles. The lowest BCUT2D eigenvalue weighted by Crippen LogP contribution is -2.45. The normalized spacial score (nSPS) is 17.6. The van der Waals surface area contributed by atoms with Crippen LogP contribution in [0.25, 0.3) is 0 Å². The Morgan fingerprint density at radius 2 is 1.84 bits per heavy atom. The zero-order valence-electron chi connectivity index (χ0n) is 18.0. The summed E-state index contributed by atoms with van der Waals surface area (Å²) in [5.74, 6) is -0.438. The first-order valence-electron chi connectivity index (χ1n) is 10.6. The van der Waals surface area contributed by atoms with Gasteiger partial charge in [-0.15, -0.1) is 0 Å². The molecule has 1 saturated heterocycles. The van der Waals surface area contributed by atoms with Crippen LogP contribution in [-0.2, 0) is 14.4 Å². The van der Waals surface area contributed by atoms with Crippen molar-refractivity contribution in [3.05, 3.63) is 60.2 Å². The molecular formula is C24H28N2O6. The van der Waals surface area contributed by atoms with Gasteiger partial charge >= 0.3 is 5.97 Å². The molecular weight excluding hydrogens is 412 g/mol. The predicted molar refractivity (Wildman–Crippen MR) is 118 cm³/mol. The highest BCUT2D eigenvalue weighted by atomic mass is 16.5. The lowest BCUT2D eigenvalue weighted by molar-refractivity contribution is -0.148. The maximum Gasteiger partial charge on any atom is 0.326 e. The van der Waals surface area contributed by atoms with E-state index in [1.165, 1.54) is 4.90 Å². The third kappa shape index (κ3) is 6.73. The van der Waals surface area contributed by atoms with Crippen LogP contribution in [0.15, 0.2) is 54.6 Å². The molecule has 170 valence electrons. The number of nitrogens with zero attached hydrogens (tertiary/aromatic N) is 1. The van der Waals surface area contributed by atoms with Gasteiger partial charge in [0.25, 0.3) is 0 Å². The lowest BCUT2D eigenvalue weighted by atomic mass is 10.2. The number of aryl methyl sites for hydroxylation is 1. The Balaban J connectivity index is 1.43. The molecule has 1 heterocycles. The third-order valence-electron chi connectivity index (χ3n) is 5.16. The number of ether oxygens (including phenoxy) is 2. The van der Waals surface area contributed by atoms with E-state index in [1.807, 2.05) is 55.5 Å². The van der Waals surface area contributed by atoms with Gasteiger partial charge in [0.05, 0.1) is 19.7 Å². The first-order chi connectivity index (χ1) is 15.4. The number of carbonyl (C=O) groups excluding carboxylic acids is 2. The van der Waals surface area contributed by atoms with Crippen LogP contribution in [0.3, 0.4) is 0 Å². The summed E-state index contributed by atoms with van der Waals surface area (Å²) in [7, 11) is 0. The Hall–Kier alpha value is -3.55. The molecule has 0 aromatic heterocycles. The van der Waals surface area contributed by atoms with Crippen LogP contribution >= 0.6 is 0 Å². The largest absolute Gasteiger partial charge is 0.494 e. The maximum absolute atomic E-state index is 12.6. The van der Waals surface area contributed by atoms with Crippen molar-refractivity contribution in [3.63, 3.8) is 0 Å². The Morgan fingerprint density at radius 1 is 1.09 bits per heavy atom. The SMILES string of the molecule is Cc1cccc(OC2C[C@H](C(=O)O)N(C(=O)CNC(=O)CCCOc3ccccc3)C2)c1. The van der Waals surface area contributed by atoms with E-state index in [1.54, 1.807) is 6.07 Å². The first kappa shape index (κ1) is 23.1. The molecule has 2 aromatic rings. The summed E-state index contributed by atoms with van der Waals surface area (Å²) in [5.41, 5.74) is 1.03. The second-order valence-corrected chi connectivity index (χ2v) is 7.73. The van der Waals surface area contributed by atoms with Gasteiger partial charge in [-0.1, -0.05) is 30.3 Å². The second-order valence-electron chi connectivity index (χ2n) is 7.73. The van der Waals surface area contributed by atoms with E-state index in [0.29, 0.717) is 18.8 Å². The summed E-state index contributed by atoms with van der Waals surface area (Å²) in [5, 5.41) is 12.1. The fraction of sp³-hybridized carbons (Fsp3) is 0.375. The lowest BCUT2D eigenvalue weighted by Gasteiger charge is -2.21. The van der Waals surface area contributed by atoms with E-state index >= 15 is 0 Å². The highest BCUT2D eigenvalue weighted by molar-refractivity contribution is 5.88. The number of carboxylic acids is 1. The number of carbonyl (C=O) groups is 3. The van der Waals surface area contributed by atoms with Gasteiger partial charge in [-0.3, -0.25) is 9.59 Å². The predicted octanol–water partition coefficient (Wildman–Crippen LogP) is 2.40. The van der Waals surface area contributed by atoms with Crippen molar-refractivity contribution >= 4 is 17.8 Å². The number of nitrogens with one attached hydrogen (secondary N) is 1. The molecule has 2 atom stereocenters. The second kappa shape index (κ2) is 11.2. The molecule has 0 bridgehead atoms. The van der Waals surface area contributed by atoms with Crippen molar-refractivity contribution in [1.29, 1.82) is 0 Å². The quantitative estimate of drug-likeness (QED) is 0.550. The minimum atomic E-state index is -1.09. The highest BCUT2D eigenvalue weighted by Crippen LogP contribution is 2.24. The van der Waals surface area contributed by atoms with Gasteiger partial charge in [-0.05, 0) is 43.2 Å². The standard InChI is InChI=1S/C24H28N2O6/c1-17-7-5-10-19(13-17)32-20-14-21(24(29)30)26(16-20)23(28)15-25-22(27)11-6-12-31-18-8-3-2-4-9-18/h2-5,7-10,13,20-21H,6,11-12,14-16H2,1H3,(H,25,27)(H,29,30)/t20?,21-/m1/s1. The number of rotatable bonds is 10. The summed E-state index contributed by atoms with van der Waals surface area (Å²) < 4.78 is 11.4. The van der Waals surface area contributed by atoms with Crippen molar-refractivity contribution < 1.29 is 29.0 Å². The number of hydrogen-bond acceptors (Lipinski definition) is 5. The molecule has 0 radical (unpaired) electrons. The Labute approximate surface area is 187 Å².